The van der Waals surface area contributed by atoms with E-state index in [2.05, 4.69) is 27.1 Å². The number of nitrogens with zero attached hydrogens (tertiary/aromatic N) is 6. The van der Waals surface area contributed by atoms with Crippen LogP contribution in [0, 0.1) is 41.3 Å². The smallest absolute Gasteiger partial charge is 0.411 e. The van der Waals surface area contributed by atoms with Crippen LogP contribution in [0.4, 0.5) is 9.18 Å². The molecule has 3 fully saturated rings. The van der Waals surface area contributed by atoms with Gasteiger partial charge in [0.05, 0.1) is 42.3 Å². The summed E-state index contributed by atoms with van der Waals surface area (Å²) in [5.74, 6) is 0.0909. The maximum Gasteiger partial charge on any atom is 0.411 e. The minimum absolute atomic E-state index is 0.0730. The number of aliphatic hydroxyl groups is 1. The molecule has 3 aliphatic heterocycles. The van der Waals surface area contributed by atoms with Gasteiger partial charge < -0.3 is 33.7 Å². The number of fused-ring (bicyclic) bond motifs is 1. The number of rotatable bonds is 8. The minimum Gasteiger partial charge on any atom is -0.458 e. The average Bonchev–Trinajstić information content (AvgIpc) is 3.77. The van der Waals surface area contributed by atoms with Gasteiger partial charge in [0.15, 0.2) is 17.7 Å². The first-order valence-corrected chi connectivity index (χ1v) is 20.2. The van der Waals surface area contributed by atoms with E-state index in [1.807, 2.05) is 25.9 Å². The summed E-state index contributed by atoms with van der Waals surface area (Å²) >= 11 is 0. The number of halogens is 1. The second kappa shape index (κ2) is 18.5. The highest BCUT2D eigenvalue weighted by atomic mass is 19.1. The number of likely N-dealkylation sites (N-methyl/N-ethyl adjacent to an activating group) is 1. The second-order valence-corrected chi connectivity index (χ2v) is 16.8. The van der Waals surface area contributed by atoms with Crippen molar-refractivity contribution in [2.75, 3.05) is 27.7 Å². The number of aromatic nitrogens is 4. The Labute approximate surface area is 345 Å². The normalized spacial score (nSPS) is 36.0. The van der Waals surface area contributed by atoms with Gasteiger partial charge in [-0.1, -0.05) is 44.7 Å². The quantitative estimate of drug-likeness (QED) is 0.231. The van der Waals surface area contributed by atoms with E-state index in [4.69, 9.17) is 23.7 Å². The molecule has 1 N–H and O–H groups in total. The lowest BCUT2D eigenvalue weighted by molar-refractivity contribution is -0.295. The molecule has 2 unspecified atom stereocenters. The van der Waals surface area contributed by atoms with E-state index >= 15 is 0 Å². The van der Waals surface area contributed by atoms with Crippen molar-refractivity contribution in [3.05, 3.63) is 30.3 Å². The molecule has 17 heteroatoms. The number of hydrogen-bond donors (Lipinski definition) is 1. The van der Waals surface area contributed by atoms with Crippen LogP contribution in [-0.2, 0) is 44.6 Å². The first-order chi connectivity index (χ1) is 27.8. The number of Topliss-reactive ketones (excluding diaryl/α,β-unsaturated/α-hetero) is 2. The fourth-order valence-corrected chi connectivity index (χ4v) is 8.96. The van der Waals surface area contributed by atoms with Gasteiger partial charge in [-0.05, 0) is 67.1 Å². The molecule has 0 aromatic carbocycles. The van der Waals surface area contributed by atoms with Gasteiger partial charge in [0.1, 0.15) is 42.0 Å². The summed E-state index contributed by atoms with van der Waals surface area (Å²) in [7, 11) is 5.17. The van der Waals surface area contributed by atoms with Crippen LogP contribution >= 0.6 is 0 Å². The fourth-order valence-electron chi connectivity index (χ4n) is 8.96. The van der Waals surface area contributed by atoms with Crippen molar-refractivity contribution in [1.29, 1.82) is 0 Å². The molecule has 2 aromatic heterocycles. The molecule has 0 saturated carbocycles. The maximum atomic E-state index is 14.7. The summed E-state index contributed by atoms with van der Waals surface area (Å²) in [6.07, 6.45) is -1.67. The largest absolute Gasteiger partial charge is 0.458 e. The van der Waals surface area contributed by atoms with Crippen LogP contribution in [0.15, 0.2) is 24.5 Å². The number of ketones is 2. The summed E-state index contributed by atoms with van der Waals surface area (Å²) < 4.78 is 46.1. The van der Waals surface area contributed by atoms with Crippen LogP contribution in [-0.4, -0.2) is 140 Å². The molecular weight excluding hydrogens is 767 g/mol. The van der Waals surface area contributed by atoms with Crippen LogP contribution in [0.1, 0.15) is 74.7 Å². The van der Waals surface area contributed by atoms with Crippen molar-refractivity contribution < 1.29 is 52.4 Å². The molecule has 324 valence electrons. The molecule has 5 heterocycles. The highest BCUT2D eigenvalue weighted by molar-refractivity contribution is 6.00. The van der Waals surface area contributed by atoms with Crippen LogP contribution < -0.4 is 0 Å². The summed E-state index contributed by atoms with van der Waals surface area (Å²) in [5, 5.41) is 19.5. The molecule has 0 radical (unpaired) electrons. The Bertz CT molecular complexity index is 1920. The predicted molar refractivity (Wildman–Crippen MR) is 211 cm³/mol. The highest BCUT2D eigenvalue weighted by Crippen LogP contribution is 2.43. The summed E-state index contributed by atoms with van der Waals surface area (Å²) in [6.45, 7) is 13.5. The standard InChI is InChI=1S/C42H59FN6O10/c1-12-32-42(8)36(49(40(54)59-42)18-14-13-17-48-22-30(45-46-48)29-20-28(43)15-16-44-29)25(4)33(50)23(2)21-41(7,55-11)37(26(5)34(51)27(6)38(53)57-32)58-39-35(52)31(47(9)10)19-24(3)56-39/h15-16,20,22-27,31-32,35-37,39,52H,12,17-19,21H2,1-11H3/t23-,24-,25+,26+,27-,31?,32-,35?,36-,37-,39+,41-,42-/m1/s1. The molecule has 5 rings (SSSR count). The van der Waals surface area contributed by atoms with Crippen LogP contribution in [0.25, 0.3) is 11.4 Å². The van der Waals surface area contributed by atoms with Crippen molar-refractivity contribution in [3.63, 3.8) is 0 Å². The van der Waals surface area contributed by atoms with Gasteiger partial charge in [-0.15, -0.1) is 5.10 Å². The van der Waals surface area contributed by atoms with E-state index in [1.165, 1.54) is 41.9 Å². The van der Waals surface area contributed by atoms with Gasteiger partial charge >= 0.3 is 12.1 Å². The van der Waals surface area contributed by atoms with Crippen LogP contribution in [0.3, 0.4) is 0 Å². The molecule has 0 aliphatic carbocycles. The molecule has 2 aromatic rings. The predicted octanol–water partition coefficient (Wildman–Crippen LogP) is 3.69. The Balaban J connectivity index is 1.47. The van der Waals surface area contributed by atoms with Crippen molar-refractivity contribution in [1.82, 2.24) is 29.8 Å². The first kappa shape index (κ1) is 45.7. The molecule has 3 saturated heterocycles. The number of carbonyl (C=O) groups is 4. The topological polar surface area (TPSA) is 185 Å². The SMILES string of the molecule is CC[C@H]1OC(=O)[C@H](C)C(=O)[C@H](C)[C@@H](O[C@@H]2O[C@H](C)CC(N(C)C)C2O)[C@](C)(OC)C[C@@H](C)C(=O)[C@H](C)[C@H]2N(CC#CCn3cc(-c4cc(F)ccn4)nn3)C(=O)O[C@]12C. The molecule has 1 amide bonds. The number of amides is 1. The van der Waals surface area contributed by atoms with Gasteiger partial charge in [0.2, 0.25) is 0 Å². The van der Waals surface area contributed by atoms with E-state index in [0.717, 1.165) is 0 Å². The van der Waals surface area contributed by atoms with Gasteiger partial charge in [-0.2, -0.15) is 0 Å². The summed E-state index contributed by atoms with van der Waals surface area (Å²) in [5.41, 5.74) is -2.17. The molecule has 16 nitrogen and oxygen atoms in total. The molecule has 59 heavy (non-hydrogen) atoms. The Hall–Kier alpha value is -4.34. The monoisotopic (exact) mass is 826 g/mol. The van der Waals surface area contributed by atoms with Crippen molar-refractivity contribution in [3.8, 4) is 23.2 Å². The lowest BCUT2D eigenvalue weighted by atomic mass is 9.73. The van der Waals surface area contributed by atoms with Crippen molar-refractivity contribution in [2.24, 2.45) is 23.7 Å². The van der Waals surface area contributed by atoms with E-state index in [1.54, 1.807) is 47.7 Å². The Morgan fingerprint density at radius 1 is 1.03 bits per heavy atom. The molecule has 0 spiro atoms. The molecule has 13 atom stereocenters. The van der Waals surface area contributed by atoms with Crippen LogP contribution in [0.5, 0.6) is 0 Å². The fraction of sp³-hybridized carbons (Fsp3) is 0.690. The lowest BCUT2D eigenvalue weighted by Crippen LogP contribution is -2.60. The van der Waals surface area contributed by atoms with E-state index in [-0.39, 0.29) is 43.9 Å². The van der Waals surface area contributed by atoms with Gasteiger partial charge in [-0.3, -0.25) is 24.3 Å². The van der Waals surface area contributed by atoms with Crippen LogP contribution in [0.2, 0.25) is 0 Å². The number of hydrogen-bond acceptors (Lipinski definition) is 14. The number of aliphatic hydroxyl groups excluding tert-OH is 1. The van der Waals surface area contributed by atoms with Crippen molar-refractivity contribution in [2.45, 2.75) is 135 Å². The first-order valence-electron chi connectivity index (χ1n) is 20.2. The van der Waals surface area contributed by atoms with E-state index < -0.39 is 89.2 Å². The van der Waals surface area contributed by atoms with Gasteiger partial charge in [0, 0.05) is 43.2 Å². The number of esters is 1. The highest BCUT2D eigenvalue weighted by Gasteiger charge is 2.60. The molecular formula is C42H59FN6O10. The average molecular weight is 827 g/mol. The molecule has 0 bridgehead atoms. The van der Waals surface area contributed by atoms with E-state index in [0.29, 0.717) is 17.8 Å². The number of methoxy groups -OCH3 is 1. The zero-order chi connectivity index (χ0) is 43.6. The number of carbonyl (C=O) groups excluding carboxylic acids is 4. The Morgan fingerprint density at radius 3 is 2.37 bits per heavy atom. The van der Waals surface area contributed by atoms with Gasteiger partial charge in [-0.25, -0.2) is 13.9 Å². The maximum absolute atomic E-state index is 14.7. The third-order valence-corrected chi connectivity index (χ3v) is 12.3. The lowest BCUT2D eigenvalue weighted by Gasteiger charge is -2.47. The van der Waals surface area contributed by atoms with Gasteiger partial charge in [0.25, 0.3) is 0 Å². The number of pyridine rings is 1. The molecule has 3 aliphatic rings. The Kier molecular flexibility index (Phi) is 14.3. The summed E-state index contributed by atoms with van der Waals surface area (Å²) in [6, 6.07) is 1.22. The third-order valence-electron chi connectivity index (χ3n) is 12.3. The Morgan fingerprint density at radius 2 is 1.73 bits per heavy atom. The number of ether oxygens (including phenoxy) is 5. The zero-order valence-corrected chi connectivity index (χ0v) is 35.9. The zero-order valence-electron chi connectivity index (χ0n) is 35.9. The van der Waals surface area contributed by atoms with Crippen molar-refractivity contribution >= 4 is 23.6 Å². The number of cyclic esters (lactones) is 1. The minimum atomic E-state index is -1.51. The second-order valence-electron chi connectivity index (χ2n) is 16.8. The van der Waals surface area contributed by atoms with E-state index in [9.17, 15) is 28.7 Å². The summed E-state index contributed by atoms with van der Waals surface area (Å²) in [4.78, 5) is 64.0. The third kappa shape index (κ3) is 9.52.